The highest BCUT2D eigenvalue weighted by molar-refractivity contribution is 7.17. The van der Waals surface area contributed by atoms with E-state index in [2.05, 4.69) is 16.4 Å². The molecule has 1 aliphatic carbocycles. The number of nitrogens with one attached hydrogen (secondary N) is 1. The van der Waals surface area contributed by atoms with Crippen LogP contribution >= 0.6 is 22.7 Å². The second kappa shape index (κ2) is 4.44. The third-order valence-electron chi connectivity index (χ3n) is 3.02. The van der Waals surface area contributed by atoms with Crippen molar-refractivity contribution in [2.75, 3.05) is 0 Å². The smallest absolute Gasteiger partial charge is 0.262 e. The lowest BCUT2D eigenvalue weighted by molar-refractivity contribution is 0.0945. The van der Waals surface area contributed by atoms with E-state index in [1.165, 1.54) is 11.3 Å². The van der Waals surface area contributed by atoms with Gasteiger partial charge >= 0.3 is 0 Å². The van der Waals surface area contributed by atoms with E-state index in [9.17, 15) is 4.79 Å². The first-order chi connectivity index (χ1) is 9.12. The second-order valence-electron chi connectivity index (χ2n) is 4.56. The molecule has 3 rings (SSSR count). The molecular weight excluding hydrogens is 278 g/mol. The summed E-state index contributed by atoms with van der Waals surface area (Å²) in [6, 6.07) is 5.85. The quantitative estimate of drug-likeness (QED) is 0.944. The number of hydrogen-bond acceptors (Lipinski definition) is 5. The average molecular weight is 289 g/mol. The number of aryl methyl sites for hydroxylation is 1. The summed E-state index contributed by atoms with van der Waals surface area (Å²) in [6.07, 6.45) is 1.50. The molecule has 0 aliphatic heterocycles. The van der Waals surface area contributed by atoms with Crippen molar-refractivity contribution in [3.8, 4) is 16.6 Å². The lowest BCUT2D eigenvalue weighted by Gasteiger charge is -2.06. The van der Waals surface area contributed by atoms with E-state index in [4.69, 9.17) is 5.26 Å². The Hall–Kier alpha value is -1.71. The van der Waals surface area contributed by atoms with Crippen LogP contribution in [0.3, 0.4) is 0 Å². The molecule has 6 heteroatoms. The zero-order valence-electron chi connectivity index (χ0n) is 10.3. The number of aromatic nitrogens is 1. The molecule has 0 radical (unpaired) electrons. The van der Waals surface area contributed by atoms with Crippen LogP contribution in [-0.2, 0) is 0 Å². The molecule has 0 saturated heterocycles. The van der Waals surface area contributed by atoms with Crippen molar-refractivity contribution in [1.29, 1.82) is 5.26 Å². The first-order valence-corrected chi connectivity index (χ1v) is 7.58. The molecule has 0 spiro atoms. The van der Waals surface area contributed by atoms with Gasteiger partial charge in [0.15, 0.2) is 0 Å². The predicted octanol–water partition coefficient (Wildman–Crippen LogP) is 2.97. The highest BCUT2D eigenvalue weighted by Gasteiger charge is 2.44. The van der Waals surface area contributed by atoms with Gasteiger partial charge in [-0.3, -0.25) is 4.79 Å². The summed E-state index contributed by atoms with van der Waals surface area (Å²) in [5.74, 6) is -0.165. The number of carbonyl (C=O) groups is 1. The summed E-state index contributed by atoms with van der Waals surface area (Å²) < 4.78 is 0. The molecule has 0 bridgehead atoms. The van der Waals surface area contributed by atoms with Gasteiger partial charge in [-0.15, -0.1) is 22.7 Å². The highest BCUT2D eigenvalue weighted by Crippen LogP contribution is 2.35. The maximum Gasteiger partial charge on any atom is 0.262 e. The Balaban J connectivity index is 1.78. The molecule has 2 heterocycles. The molecule has 0 unspecified atom stereocenters. The average Bonchev–Trinajstić information content (AvgIpc) is 2.82. The summed E-state index contributed by atoms with van der Waals surface area (Å²) in [5, 5.41) is 14.8. The number of nitrogens with zero attached hydrogens (tertiary/aromatic N) is 2. The topological polar surface area (TPSA) is 65.8 Å². The number of hydrogen-bond donors (Lipinski definition) is 1. The monoisotopic (exact) mass is 289 g/mol. The number of thiophene rings is 1. The summed E-state index contributed by atoms with van der Waals surface area (Å²) in [5.41, 5.74) is 0.298. The Morgan fingerprint density at radius 1 is 1.53 bits per heavy atom. The summed E-state index contributed by atoms with van der Waals surface area (Å²) >= 11 is 3.00. The van der Waals surface area contributed by atoms with Crippen molar-refractivity contribution in [3.05, 3.63) is 27.4 Å². The lowest BCUT2D eigenvalue weighted by Crippen LogP contribution is -2.35. The second-order valence-corrected chi connectivity index (χ2v) is 6.71. The van der Waals surface area contributed by atoms with Crippen molar-refractivity contribution in [2.24, 2.45) is 0 Å². The van der Waals surface area contributed by atoms with Crippen LogP contribution in [0.25, 0.3) is 10.6 Å². The molecule has 96 valence electrons. The number of rotatable bonds is 3. The van der Waals surface area contributed by atoms with Crippen LogP contribution in [0.15, 0.2) is 17.5 Å². The Morgan fingerprint density at radius 2 is 2.32 bits per heavy atom. The molecular formula is C13H11N3OS2. The van der Waals surface area contributed by atoms with Gasteiger partial charge in [-0.25, -0.2) is 4.98 Å². The number of nitriles is 1. The molecule has 0 aromatic carbocycles. The molecule has 2 aromatic heterocycles. The van der Waals surface area contributed by atoms with Gasteiger partial charge in [0.25, 0.3) is 5.91 Å². The number of carbonyl (C=O) groups excluding carboxylic acids is 1. The van der Waals surface area contributed by atoms with Crippen molar-refractivity contribution in [1.82, 2.24) is 10.3 Å². The van der Waals surface area contributed by atoms with Gasteiger partial charge in [-0.05, 0) is 31.9 Å². The van der Waals surface area contributed by atoms with Gasteiger partial charge in [0, 0.05) is 5.38 Å². The zero-order valence-corrected chi connectivity index (χ0v) is 11.9. The Kier molecular flexibility index (Phi) is 2.88. The van der Waals surface area contributed by atoms with Crippen LogP contribution in [0.1, 0.15) is 27.5 Å². The zero-order chi connectivity index (χ0) is 13.5. The maximum absolute atomic E-state index is 12.0. The molecule has 1 saturated carbocycles. The van der Waals surface area contributed by atoms with Crippen LogP contribution in [-0.4, -0.2) is 16.4 Å². The number of amides is 1. The van der Waals surface area contributed by atoms with Gasteiger partial charge in [0.05, 0.1) is 26.5 Å². The summed E-state index contributed by atoms with van der Waals surface area (Å²) in [7, 11) is 0. The summed E-state index contributed by atoms with van der Waals surface area (Å²) in [4.78, 5) is 18.1. The fourth-order valence-corrected chi connectivity index (χ4v) is 3.29. The van der Waals surface area contributed by atoms with Crippen LogP contribution in [0.4, 0.5) is 0 Å². The molecule has 1 amide bonds. The molecule has 1 N–H and O–H groups in total. The van der Waals surface area contributed by atoms with Crippen molar-refractivity contribution in [3.63, 3.8) is 0 Å². The van der Waals surface area contributed by atoms with Gasteiger partial charge in [-0.1, -0.05) is 0 Å². The largest absolute Gasteiger partial charge is 0.333 e. The first kappa shape index (κ1) is 12.3. The van der Waals surface area contributed by atoms with Crippen molar-refractivity contribution in [2.45, 2.75) is 25.3 Å². The molecule has 1 fully saturated rings. The van der Waals surface area contributed by atoms with E-state index in [0.717, 1.165) is 28.4 Å². The molecule has 0 atom stereocenters. The van der Waals surface area contributed by atoms with Crippen LogP contribution in [0.5, 0.6) is 0 Å². The minimum atomic E-state index is -0.613. The third kappa shape index (κ3) is 2.39. The Bertz CT molecular complexity index is 676. The Labute approximate surface area is 118 Å². The van der Waals surface area contributed by atoms with E-state index >= 15 is 0 Å². The fourth-order valence-electron chi connectivity index (χ4n) is 1.74. The molecule has 19 heavy (non-hydrogen) atoms. The van der Waals surface area contributed by atoms with Gasteiger partial charge < -0.3 is 5.32 Å². The van der Waals surface area contributed by atoms with Gasteiger partial charge in [0.2, 0.25) is 0 Å². The first-order valence-electron chi connectivity index (χ1n) is 5.88. The van der Waals surface area contributed by atoms with E-state index in [1.54, 1.807) is 17.4 Å². The van der Waals surface area contributed by atoms with E-state index in [-0.39, 0.29) is 5.91 Å². The van der Waals surface area contributed by atoms with E-state index in [1.807, 2.05) is 18.4 Å². The van der Waals surface area contributed by atoms with E-state index < -0.39 is 5.54 Å². The molecule has 1 aliphatic rings. The normalized spacial score (nSPS) is 15.8. The Morgan fingerprint density at radius 3 is 2.89 bits per heavy atom. The van der Waals surface area contributed by atoms with Crippen molar-refractivity contribution < 1.29 is 4.79 Å². The fraction of sp³-hybridized carbons (Fsp3) is 0.308. The molecule has 2 aromatic rings. The maximum atomic E-state index is 12.0. The standard InChI is InChI=1S/C13H11N3OS2/c1-8-15-9(6-18-8)10-2-3-11(19-10)12(17)16-13(7-14)4-5-13/h2-3,6H,4-5H2,1H3,(H,16,17). The van der Waals surface area contributed by atoms with Gasteiger partial charge in [-0.2, -0.15) is 5.26 Å². The minimum absolute atomic E-state index is 0.165. The predicted molar refractivity (Wildman–Crippen MR) is 75.2 cm³/mol. The summed E-state index contributed by atoms with van der Waals surface area (Å²) in [6.45, 7) is 1.96. The highest BCUT2D eigenvalue weighted by atomic mass is 32.1. The van der Waals surface area contributed by atoms with Crippen LogP contribution < -0.4 is 5.32 Å². The van der Waals surface area contributed by atoms with Crippen molar-refractivity contribution >= 4 is 28.6 Å². The minimum Gasteiger partial charge on any atom is -0.333 e. The number of thiazole rings is 1. The van der Waals surface area contributed by atoms with Crippen LogP contribution in [0.2, 0.25) is 0 Å². The lowest BCUT2D eigenvalue weighted by atomic mass is 10.3. The SMILES string of the molecule is Cc1nc(-c2ccc(C(=O)NC3(C#N)CC3)s2)cs1. The van der Waals surface area contributed by atoms with E-state index in [0.29, 0.717) is 4.88 Å². The molecule has 4 nitrogen and oxygen atoms in total. The third-order valence-corrected chi connectivity index (χ3v) is 4.90. The van der Waals surface area contributed by atoms with Crippen LogP contribution in [0, 0.1) is 18.3 Å². The van der Waals surface area contributed by atoms with Gasteiger partial charge in [0.1, 0.15) is 5.54 Å².